The Kier molecular flexibility index (Phi) is 5.63. The molecule has 1 N–H and O–H groups in total. The third-order valence-corrected chi connectivity index (χ3v) is 4.90. The van der Waals surface area contributed by atoms with E-state index < -0.39 is 23.1 Å². The summed E-state index contributed by atoms with van der Waals surface area (Å²) in [6.07, 6.45) is -2.14. The van der Waals surface area contributed by atoms with Gasteiger partial charge in [-0.1, -0.05) is 48.5 Å². The van der Waals surface area contributed by atoms with Crippen LogP contribution in [0.15, 0.2) is 83.9 Å². The van der Waals surface area contributed by atoms with Gasteiger partial charge in [0.2, 0.25) is 6.17 Å². The van der Waals surface area contributed by atoms with E-state index in [2.05, 4.69) is 10.3 Å². The fourth-order valence-corrected chi connectivity index (χ4v) is 3.33. The van der Waals surface area contributed by atoms with Gasteiger partial charge in [0.25, 0.3) is 11.6 Å². The molecule has 1 heterocycles. The van der Waals surface area contributed by atoms with Crippen molar-refractivity contribution >= 4 is 29.1 Å². The van der Waals surface area contributed by atoms with Crippen LogP contribution in [-0.4, -0.2) is 35.8 Å². The molecule has 0 aromatic heterocycles. The first kappa shape index (κ1) is 20.7. The van der Waals surface area contributed by atoms with Crippen molar-refractivity contribution in [1.29, 1.82) is 0 Å². The number of anilines is 1. The molecule has 9 nitrogen and oxygen atoms in total. The number of nitrogens with one attached hydrogen (secondary N) is 1. The monoisotopic (exact) mass is 430 g/mol. The summed E-state index contributed by atoms with van der Waals surface area (Å²) in [5.74, 6) is -0.345. The third-order valence-electron chi connectivity index (χ3n) is 4.90. The van der Waals surface area contributed by atoms with E-state index in [1.165, 1.54) is 29.2 Å². The number of ether oxygens (including phenoxy) is 1. The molecule has 0 aliphatic carbocycles. The van der Waals surface area contributed by atoms with Gasteiger partial charge < -0.3 is 9.64 Å². The standard InChI is InChI=1S/C23H18N4O5/c1-26-19-10-6-5-9-18(19)20(15-7-3-2-4-8-15)24-21(22(26)28)25-23(29)32-17-13-11-16(12-14-17)27(30)31/h2-14,21H,1H3,(H,25,29)/t21-/m0/s1. The van der Waals surface area contributed by atoms with Crippen molar-refractivity contribution in [2.45, 2.75) is 6.17 Å². The molecule has 3 aromatic carbocycles. The van der Waals surface area contributed by atoms with E-state index in [0.717, 1.165) is 11.1 Å². The molecule has 0 saturated heterocycles. The Morgan fingerprint density at radius 3 is 2.38 bits per heavy atom. The molecule has 1 aliphatic rings. The predicted molar refractivity (Wildman–Crippen MR) is 118 cm³/mol. The number of amides is 2. The maximum atomic E-state index is 13.1. The molecule has 1 atom stereocenters. The van der Waals surface area contributed by atoms with Crippen LogP contribution in [0, 0.1) is 10.1 Å². The Morgan fingerprint density at radius 2 is 1.69 bits per heavy atom. The molecule has 0 radical (unpaired) electrons. The van der Waals surface area contributed by atoms with Gasteiger partial charge in [-0.05, 0) is 18.2 Å². The fraction of sp³-hybridized carbons (Fsp3) is 0.0870. The van der Waals surface area contributed by atoms with Crippen LogP contribution in [-0.2, 0) is 4.79 Å². The Bertz CT molecular complexity index is 1210. The van der Waals surface area contributed by atoms with Gasteiger partial charge in [0.15, 0.2) is 0 Å². The number of non-ortho nitro benzene ring substituents is 1. The van der Waals surface area contributed by atoms with Crippen LogP contribution >= 0.6 is 0 Å². The highest BCUT2D eigenvalue weighted by Crippen LogP contribution is 2.27. The van der Waals surface area contributed by atoms with E-state index in [0.29, 0.717) is 11.4 Å². The molecule has 2 amide bonds. The van der Waals surface area contributed by atoms with Gasteiger partial charge in [-0.3, -0.25) is 20.2 Å². The SMILES string of the molecule is CN1C(=O)[C@H](NC(=O)Oc2ccc([N+](=O)[O-])cc2)N=C(c2ccccc2)c2ccccc21. The summed E-state index contributed by atoms with van der Waals surface area (Å²) in [5.41, 5.74) is 2.63. The quantitative estimate of drug-likeness (QED) is 0.502. The number of benzodiazepines with no additional fused rings is 1. The van der Waals surface area contributed by atoms with Gasteiger partial charge in [0.1, 0.15) is 5.75 Å². The number of para-hydroxylation sites is 1. The van der Waals surface area contributed by atoms with Gasteiger partial charge in [-0.15, -0.1) is 0 Å². The number of aliphatic imine (C=N–C) groups is 1. The molecule has 9 heteroatoms. The lowest BCUT2D eigenvalue weighted by atomic mass is 10.0. The Balaban J connectivity index is 1.63. The summed E-state index contributed by atoms with van der Waals surface area (Å²) in [6, 6.07) is 21.7. The van der Waals surface area contributed by atoms with Crippen LogP contribution < -0.4 is 15.0 Å². The van der Waals surface area contributed by atoms with Crippen molar-refractivity contribution in [2.75, 3.05) is 11.9 Å². The summed E-state index contributed by atoms with van der Waals surface area (Å²) in [4.78, 5) is 41.7. The summed E-state index contributed by atoms with van der Waals surface area (Å²) in [6.45, 7) is 0. The van der Waals surface area contributed by atoms with Crippen molar-refractivity contribution in [3.05, 3.63) is 100 Å². The lowest BCUT2D eigenvalue weighted by Crippen LogP contribution is -2.47. The maximum absolute atomic E-state index is 13.1. The molecule has 0 spiro atoms. The first-order valence-electron chi connectivity index (χ1n) is 9.67. The molecule has 0 saturated carbocycles. The molecule has 0 unspecified atom stereocenters. The normalized spacial score (nSPS) is 15.3. The van der Waals surface area contributed by atoms with Gasteiger partial charge in [-0.25, -0.2) is 9.79 Å². The number of hydrogen-bond acceptors (Lipinski definition) is 6. The highest BCUT2D eigenvalue weighted by atomic mass is 16.6. The topological polar surface area (TPSA) is 114 Å². The maximum Gasteiger partial charge on any atom is 0.414 e. The second-order valence-electron chi connectivity index (χ2n) is 6.95. The zero-order chi connectivity index (χ0) is 22.7. The van der Waals surface area contributed by atoms with Gasteiger partial charge in [-0.2, -0.15) is 0 Å². The average Bonchev–Trinajstić information content (AvgIpc) is 2.91. The smallest absolute Gasteiger partial charge is 0.410 e. The number of carbonyl (C=O) groups is 2. The molecule has 0 fully saturated rings. The highest BCUT2D eigenvalue weighted by molar-refractivity contribution is 6.20. The number of carbonyl (C=O) groups excluding carboxylic acids is 2. The van der Waals surface area contributed by atoms with Crippen LogP contribution in [0.4, 0.5) is 16.2 Å². The summed E-state index contributed by atoms with van der Waals surface area (Å²) >= 11 is 0. The van der Waals surface area contributed by atoms with Crippen molar-refractivity contribution < 1.29 is 19.2 Å². The lowest BCUT2D eigenvalue weighted by Gasteiger charge is -2.20. The zero-order valence-corrected chi connectivity index (χ0v) is 17.0. The van der Waals surface area contributed by atoms with E-state index in [1.54, 1.807) is 7.05 Å². The van der Waals surface area contributed by atoms with Gasteiger partial charge >= 0.3 is 6.09 Å². The van der Waals surface area contributed by atoms with Crippen LogP contribution in [0.5, 0.6) is 5.75 Å². The van der Waals surface area contributed by atoms with Crippen LogP contribution in [0.1, 0.15) is 11.1 Å². The number of hydrogen-bond donors (Lipinski definition) is 1. The second-order valence-corrected chi connectivity index (χ2v) is 6.95. The minimum absolute atomic E-state index is 0.0954. The Hall–Kier alpha value is -4.53. The largest absolute Gasteiger partial charge is 0.414 e. The van der Waals surface area contributed by atoms with Gasteiger partial charge in [0.05, 0.1) is 16.3 Å². The Morgan fingerprint density at radius 1 is 1.03 bits per heavy atom. The van der Waals surface area contributed by atoms with E-state index in [4.69, 9.17) is 4.74 Å². The third kappa shape index (κ3) is 4.17. The van der Waals surface area contributed by atoms with E-state index in [-0.39, 0.29) is 11.4 Å². The van der Waals surface area contributed by atoms with Gasteiger partial charge in [0, 0.05) is 30.3 Å². The van der Waals surface area contributed by atoms with Crippen LogP contribution in [0.2, 0.25) is 0 Å². The fourth-order valence-electron chi connectivity index (χ4n) is 3.33. The van der Waals surface area contributed by atoms with Crippen LogP contribution in [0.25, 0.3) is 0 Å². The second kappa shape index (κ2) is 8.68. The molecule has 4 rings (SSSR count). The number of benzene rings is 3. The van der Waals surface area contributed by atoms with Crippen molar-refractivity contribution in [2.24, 2.45) is 4.99 Å². The van der Waals surface area contributed by atoms with E-state index in [1.807, 2.05) is 54.6 Å². The summed E-state index contributed by atoms with van der Waals surface area (Å²) < 4.78 is 5.18. The molecule has 160 valence electrons. The number of nitrogens with zero attached hydrogens (tertiary/aromatic N) is 3. The lowest BCUT2D eigenvalue weighted by molar-refractivity contribution is -0.384. The number of likely N-dealkylation sites (N-methyl/N-ethyl adjacent to an activating group) is 1. The first-order valence-corrected chi connectivity index (χ1v) is 9.67. The molecule has 3 aromatic rings. The molecular weight excluding hydrogens is 412 g/mol. The molecule has 32 heavy (non-hydrogen) atoms. The number of fused-ring (bicyclic) bond motifs is 1. The molecule has 0 bridgehead atoms. The number of rotatable bonds is 4. The first-order chi connectivity index (χ1) is 15.4. The van der Waals surface area contributed by atoms with Crippen molar-refractivity contribution in [3.63, 3.8) is 0 Å². The highest BCUT2D eigenvalue weighted by Gasteiger charge is 2.31. The summed E-state index contributed by atoms with van der Waals surface area (Å²) in [5, 5.41) is 13.3. The Labute approximate surface area is 183 Å². The summed E-state index contributed by atoms with van der Waals surface area (Å²) in [7, 11) is 1.61. The average molecular weight is 430 g/mol. The minimum atomic E-state index is -1.23. The van der Waals surface area contributed by atoms with E-state index >= 15 is 0 Å². The minimum Gasteiger partial charge on any atom is -0.410 e. The number of nitro benzene ring substituents is 1. The number of nitro groups is 1. The van der Waals surface area contributed by atoms with Crippen LogP contribution in [0.3, 0.4) is 0 Å². The zero-order valence-electron chi connectivity index (χ0n) is 17.0. The van der Waals surface area contributed by atoms with Crippen molar-refractivity contribution in [1.82, 2.24) is 5.32 Å². The van der Waals surface area contributed by atoms with Crippen molar-refractivity contribution in [3.8, 4) is 5.75 Å². The molecular formula is C23H18N4O5. The predicted octanol–water partition coefficient (Wildman–Crippen LogP) is 3.52. The van der Waals surface area contributed by atoms with E-state index in [9.17, 15) is 19.7 Å². The molecule has 1 aliphatic heterocycles.